The maximum Gasteiger partial charge on any atom is 0.236 e. The molecule has 4 heteroatoms. The van der Waals surface area contributed by atoms with E-state index in [1.807, 2.05) is 7.05 Å². The Morgan fingerprint density at radius 1 is 1.58 bits per heavy atom. The molecule has 1 atom stereocenters. The third kappa shape index (κ3) is 1.95. The van der Waals surface area contributed by atoms with Gasteiger partial charge in [-0.05, 0) is 13.6 Å². The summed E-state index contributed by atoms with van der Waals surface area (Å²) in [5.41, 5.74) is 5.29. The average Bonchev–Trinajstić information content (AvgIpc) is 2.04. The van der Waals surface area contributed by atoms with E-state index in [0.717, 1.165) is 26.2 Å². The topological polar surface area (TPSA) is 49.6 Å². The minimum atomic E-state index is -0.205. The largest absolute Gasteiger partial charge is 0.368 e. The number of hydrogen-bond donors (Lipinski definition) is 1. The highest BCUT2D eigenvalue weighted by Gasteiger charge is 2.27. The van der Waals surface area contributed by atoms with Crippen LogP contribution < -0.4 is 5.73 Å². The Hall–Kier alpha value is -0.610. The third-order valence-electron chi connectivity index (χ3n) is 2.43. The minimum absolute atomic E-state index is 0.0891. The third-order valence-corrected chi connectivity index (χ3v) is 2.43. The number of piperazine rings is 1. The molecule has 0 saturated carbocycles. The van der Waals surface area contributed by atoms with Gasteiger partial charge in [0.25, 0.3) is 0 Å². The first-order chi connectivity index (χ1) is 5.65. The van der Waals surface area contributed by atoms with Crippen LogP contribution in [0.3, 0.4) is 0 Å². The molecule has 0 aromatic carbocycles. The summed E-state index contributed by atoms with van der Waals surface area (Å²) in [4.78, 5) is 15.3. The van der Waals surface area contributed by atoms with Gasteiger partial charge < -0.3 is 10.6 Å². The second kappa shape index (κ2) is 3.87. The summed E-state index contributed by atoms with van der Waals surface area (Å²) in [7, 11) is 2.02. The number of primary amides is 1. The molecule has 1 aliphatic heterocycles. The molecule has 2 N–H and O–H groups in total. The summed E-state index contributed by atoms with van der Waals surface area (Å²) < 4.78 is 0. The molecule has 0 bridgehead atoms. The zero-order valence-electron chi connectivity index (χ0n) is 7.79. The van der Waals surface area contributed by atoms with Crippen molar-refractivity contribution in [2.24, 2.45) is 5.73 Å². The molecule has 1 heterocycles. The molecule has 1 fully saturated rings. The summed E-state index contributed by atoms with van der Waals surface area (Å²) in [6, 6.07) is -0.0891. The predicted octanol–water partition coefficient (Wildman–Crippen LogP) is -0.892. The van der Waals surface area contributed by atoms with Crippen molar-refractivity contribution in [1.82, 2.24) is 9.80 Å². The number of likely N-dealkylation sites (N-methyl/N-ethyl adjacent to an activating group) is 2. The van der Waals surface area contributed by atoms with Gasteiger partial charge in [-0.2, -0.15) is 0 Å². The Labute approximate surface area is 73.3 Å². The number of carbonyl (C=O) groups is 1. The maximum absolute atomic E-state index is 11.0. The second-order valence-corrected chi connectivity index (χ2v) is 3.31. The normalized spacial score (nSPS) is 27.3. The second-order valence-electron chi connectivity index (χ2n) is 3.31. The first kappa shape index (κ1) is 9.48. The van der Waals surface area contributed by atoms with Crippen molar-refractivity contribution in [2.45, 2.75) is 13.0 Å². The molecule has 0 aliphatic carbocycles. The summed E-state index contributed by atoms with van der Waals surface area (Å²) in [6.07, 6.45) is 0. The van der Waals surface area contributed by atoms with Gasteiger partial charge in [-0.15, -0.1) is 0 Å². The Morgan fingerprint density at radius 3 is 2.75 bits per heavy atom. The van der Waals surface area contributed by atoms with E-state index < -0.39 is 0 Å². The molecule has 1 rings (SSSR count). The van der Waals surface area contributed by atoms with Gasteiger partial charge in [0, 0.05) is 19.6 Å². The van der Waals surface area contributed by atoms with Crippen molar-refractivity contribution in [3.05, 3.63) is 0 Å². The molecule has 12 heavy (non-hydrogen) atoms. The van der Waals surface area contributed by atoms with Crippen molar-refractivity contribution in [3.8, 4) is 0 Å². The van der Waals surface area contributed by atoms with E-state index in [4.69, 9.17) is 5.73 Å². The van der Waals surface area contributed by atoms with Gasteiger partial charge in [-0.3, -0.25) is 9.69 Å². The monoisotopic (exact) mass is 171 g/mol. The van der Waals surface area contributed by atoms with Crippen molar-refractivity contribution in [2.75, 3.05) is 33.2 Å². The SMILES string of the molecule is CCN1CCN(C)C[C@@H]1C(N)=O. The van der Waals surface area contributed by atoms with Crippen LogP contribution in [0.15, 0.2) is 0 Å². The molecule has 1 amide bonds. The van der Waals surface area contributed by atoms with Gasteiger partial charge in [0.05, 0.1) is 0 Å². The fourth-order valence-corrected chi connectivity index (χ4v) is 1.61. The fraction of sp³-hybridized carbons (Fsp3) is 0.875. The zero-order valence-corrected chi connectivity index (χ0v) is 7.79. The van der Waals surface area contributed by atoms with Crippen LogP contribution in [0.2, 0.25) is 0 Å². The van der Waals surface area contributed by atoms with Crippen LogP contribution in [-0.2, 0) is 4.79 Å². The lowest BCUT2D eigenvalue weighted by atomic mass is 10.1. The van der Waals surface area contributed by atoms with E-state index in [1.165, 1.54) is 0 Å². The van der Waals surface area contributed by atoms with Crippen LogP contribution in [-0.4, -0.2) is 55.0 Å². The molecule has 70 valence electrons. The minimum Gasteiger partial charge on any atom is -0.368 e. The van der Waals surface area contributed by atoms with Gasteiger partial charge in [-0.1, -0.05) is 6.92 Å². The lowest BCUT2D eigenvalue weighted by Crippen LogP contribution is -2.56. The number of amides is 1. The van der Waals surface area contributed by atoms with Crippen molar-refractivity contribution < 1.29 is 4.79 Å². The molecule has 0 radical (unpaired) electrons. The van der Waals surface area contributed by atoms with E-state index in [2.05, 4.69) is 16.7 Å². The predicted molar refractivity (Wildman–Crippen MR) is 47.7 cm³/mol. The van der Waals surface area contributed by atoms with Crippen LogP contribution >= 0.6 is 0 Å². The van der Waals surface area contributed by atoms with Crippen LogP contribution in [0.4, 0.5) is 0 Å². The first-order valence-corrected chi connectivity index (χ1v) is 4.37. The molecule has 0 aromatic heterocycles. The molecular formula is C8H17N3O. The smallest absolute Gasteiger partial charge is 0.236 e. The van der Waals surface area contributed by atoms with E-state index in [9.17, 15) is 4.79 Å². The van der Waals surface area contributed by atoms with Gasteiger partial charge in [-0.25, -0.2) is 0 Å². The van der Waals surface area contributed by atoms with Crippen molar-refractivity contribution in [1.29, 1.82) is 0 Å². The lowest BCUT2D eigenvalue weighted by molar-refractivity contribution is -0.125. The number of nitrogens with zero attached hydrogens (tertiary/aromatic N) is 2. The Bertz CT molecular complexity index is 172. The Kier molecular flexibility index (Phi) is 3.05. The molecular weight excluding hydrogens is 154 g/mol. The highest BCUT2D eigenvalue weighted by atomic mass is 16.1. The quantitative estimate of drug-likeness (QED) is 0.586. The number of carbonyl (C=O) groups excluding carboxylic acids is 1. The molecule has 4 nitrogen and oxygen atoms in total. The Morgan fingerprint density at radius 2 is 2.25 bits per heavy atom. The standard InChI is InChI=1S/C8H17N3O/c1-3-11-5-4-10(2)6-7(11)8(9)12/h7H,3-6H2,1-2H3,(H2,9,12)/t7-/m1/s1. The van der Waals surface area contributed by atoms with E-state index >= 15 is 0 Å². The molecule has 0 unspecified atom stereocenters. The summed E-state index contributed by atoms with van der Waals surface area (Å²) in [6.45, 7) is 5.70. The first-order valence-electron chi connectivity index (χ1n) is 4.37. The van der Waals surface area contributed by atoms with Crippen molar-refractivity contribution in [3.63, 3.8) is 0 Å². The molecule has 1 aliphatic rings. The average molecular weight is 171 g/mol. The number of hydrogen-bond acceptors (Lipinski definition) is 3. The highest BCUT2D eigenvalue weighted by molar-refractivity contribution is 5.80. The van der Waals surface area contributed by atoms with E-state index in [0.29, 0.717) is 0 Å². The van der Waals surface area contributed by atoms with Crippen LogP contribution in [0.1, 0.15) is 6.92 Å². The van der Waals surface area contributed by atoms with Gasteiger partial charge in [0.1, 0.15) is 6.04 Å². The molecule has 0 aromatic rings. The van der Waals surface area contributed by atoms with Gasteiger partial charge >= 0.3 is 0 Å². The van der Waals surface area contributed by atoms with Crippen LogP contribution in [0.25, 0.3) is 0 Å². The Balaban J connectivity index is 2.58. The summed E-state index contributed by atoms with van der Waals surface area (Å²) >= 11 is 0. The maximum atomic E-state index is 11.0. The lowest BCUT2D eigenvalue weighted by Gasteiger charge is -2.37. The van der Waals surface area contributed by atoms with Gasteiger partial charge in [0.15, 0.2) is 0 Å². The van der Waals surface area contributed by atoms with Crippen LogP contribution in [0, 0.1) is 0 Å². The van der Waals surface area contributed by atoms with Gasteiger partial charge in [0.2, 0.25) is 5.91 Å². The zero-order chi connectivity index (χ0) is 9.14. The van der Waals surface area contributed by atoms with E-state index in [-0.39, 0.29) is 11.9 Å². The summed E-state index contributed by atoms with van der Waals surface area (Å²) in [5, 5.41) is 0. The van der Waals surface area contributed by atoms with E-state index in [1.54, 1.807) is 0 Å². The van der Waals surface area contributed by atoms with Crippen molar-refractivity contribution >= 4 is 5.91 Å². The number of nitrogens with two attached hydrogens (primary N) is 1. The molecule has 0 spiro atoms. The fourth-order valence-electron chi connectivity index (χ4n) is 1.61. The summed E-state index contributed by atoms with van der Waals surface area (Å²) in [5.74, 6) is -0.205. The molecule has 1 saturated heterocycles. The number of rotatable bonds is 2. The van der Waals surface area contributed by atoms with Crippen LogP contribution in [0.5, 0.6) is 0 Å². The highest BCUT2D eigenvalue weighted by Crippen LogP contribution is 2.06.